The maximum Gasteiger partial charge on any atom is 0.277 e. The smallest absolute Gasteiger partial charge is 0.277 e. The van der Waals surface area contributed by atoms with Crippen LogP contribution in [0, 0.1) is 0 Å². The molecule has 0 saturated carbocycles. The summed E-state index contributed by atoms with van der Waals surface area (Å²) in [6, 6.07) is 31.9. The van der Waals surface area contributed by atoms with Crippen LogP contribution in [0.1, 0.15) is 12.5 Å². The standard InChI is InChI=1S/C26H22N2O2/c1-19(22-16-15-20-9-5-6-12-23(20)17-22)27-28-26(29)18-30-25-14-8-7-13-24(25)21-10-3-2-4-11-21/h2-17H,18H2,1H3,(H,28,29)/b27-19+. The van der Waals surface area contributed by atoms with E-state index >= 15 is 0 Å². The van der Waals surface area contributed by atoms with Gasteiger partial charge >= 0.3 is 0 Å². The number of fused-ring (bicyclic) bond motifs is 1. The number of amides is 1. The second-order valence-electron chi connectivity index (χ2n) is 6.94. The van der Waals surface area contributed by atoms with E-state index in [9.17, 15) is 4.79 Å². The summed E-state index contributed by atoms with van der Waals surface area (Å²) in [5.41, 5.74) is 6.27. The number of hydrogen-bond acceptors (Lipinski definition) is 3. The van der Waals surface area contributed by atoms with Gasteiger partial charge in [0, 0.05) is 5.56 Å². The van der Waals surface area contributed by atoms with Crippen molar-refractivity contribution in [2.24, 2.45) is 5.10 Å². The van der Waals surface area contributed by atoms with E-state index in [4.69, 9.17) is 4.74 Å². The summed E-state index contributed by atoms with van der Waals surface area (Å²) in [6.45, 7) is 1.76. The average molecular weight is 394 g/mol. The van der Waals surface area contributed by atoms with Crippen LogP contribution >= 0.6 is 0 Å². The molecule has 0 spiro atoms. The number of hydrogen-bond donors (Lipinski definition) is 1. The molecule has 4 aromatic rings. The van der Waals surface area contributed by atoms with Crippen molar-refractivity contribution in [1.29, 1.82) is 0 Å². The molecule has 4 nitrogen and oxygen atoms in total. The van der Waals surface area contributed by atoms with E-state index in [1.54, 1.807) is 0 Å². The van der Waals surface area contributed by atoms with Gasteiger partial charge < -0.3 is 4.74 Å². The Kier molecular flexibility index (Phi) is 5.85. The number of rotatable bonds is 6. The number of carbonyl (C=O) groups is 1. The highest BCUT2D eigenvalue weighted by atomic mass is 16.5. The Morgan fingerprint density at radius 1 is 0.833 bits per heavy atom. The minimum atomic E-state index is -0.307. The van der Waals surface area contributed by atoms with Gasteiger partial charge in [0.2, 0.25) is 0 Å². The zero-order chi connectivity index (χ0) is 20.8. The first-order valence-electron chi connectivity index (χ1n) is 9.80. The monoisotopic (exact) mass is 394 g/mol. The highest BCUT2D eigenvalue weighted by molar-refractivity contribution is 6.02. The van der Waals surface area contributed by atoms with Crippen LogP contribution in [-0.2, 0) is 4.79 Å². The molecule has 148 valence electrons. The first-order chi connectivity index (χ1) is 14.7. The molecular weight excluding hydrogens is 372 g/mol. The summed E-state index contributed by atoms with van der Waals surface area (Å²) in [7, 11) is 0. The van der Waals surface area contributed by atoms with Gasteiger partial charge in [0.1, 0.15) is 5.75 Å². The molecule has 0 radical (unpaired) electrons. The zero-order valence-corrected chi connectivity index (χ0v) is 16.7. The van der Waals surface area contributed by atoms with Crippen molar-refractivity contribution in [3.8, 4) is 16.9 Å². The zero-order valence-electron chi connectivity index (χ0n) is 16.7. The molecule has 0 aliphatic heterocycles. The van der Waals surface area contributed by atoms with Gasteiger partial charge in [0.25, 0.3) is 5.91 Å². The van der Waals surface area contributed by atoms with E-state index in [0.717, 1.165) is 27.8 Å². The summed E-state index contributed by atoms with van der Waals surface area (Å²) >= 11 is 0. The molecule has 4 aromatic carbocycles. The third kappa shape index (κ3) is 4.55. The molecule has 0 aromatic heterocycles. The van der Waals surface area contributed by atoms with Crippen molar-refractivity contribution in [1.82, 2.24) is 5.43 Å². The van der Waals surface area contributed by atoms with Crippen molar-refractivity contribution in [3.05, 3.63) is 103 Å². The minimum absolute atomic E-state index is 0.113. The number of carbonyl (C=O) groups excluding carboxylic acids is 1. The minimum Gasteiger partial charge on any atom is -0.483 e. The van der Waals surface area contributed by atoms with E-state index in [0.29, 0.717) is 5.75 Å². The average Bonchev–Trinajstić information content (AvgIpc) is 2.81. The molecule has 0 atom stereocenters. The van der Waals surface area contributed by atoms with Gasteiger partial charge in [-0.25, -0.2) is 5.43 Å². The molecule has 0 heterocycles. The highest BCUT2D eigenvalue weighted by Gasteiger charge is 2.08. The van der Waals surface area contributed by atoms with Gasteiger partial charge in [-0.2, -0.15) is 5.10 Å². The van der Waals surface area contributed by atoms with E-state index in [-0.39, 0.29) is 12.5 Å². The van der Waals surface area contributed by atoms with Crippen LogP contribution in [0.15, 0.2) is 102 Å². The van der Waals surface area contributed by atoms with Gasteiger partial charge in [-0.05, 0) is 41.0 Å². The maximum atomic E-state index is 12.3. The Labute approximate surface area is 175 Å². The lowest BCUT2D eigenvalue weighted by Crippen LogP contribution is -2.25. The quantitative estimate of drug-likeness (QED) is 0.350. The fourth-order valence-electron chi connectivity index (χ4n) is 3.25. The second-order valence-corrected chi connectivity index (χ2v) is 6.94. The summed E-state index contributed by atoms with van der Waals surface area (Å²) < 4.78 is 5.77. The first-order valence-corrected chi connectivity index (χ1v) is 9.80. The summed E-state index contributed by atoms with van der Waals surface area (Å²) in [5.74, 6) is 0.354. The molecular formula is C26H22N2O2. The number of para-hydroxylation sites is 1. The van der Waals surface area contributed by atoms with Crippen LogP contribution in [0.4, 0.5) is 0 Å². The predicted molar refractivity (Wildman–Crippen MR) is 122 cm³/mol. The van der Waals surface area contributed by atoms with Crippen LogP contribution in [-0.4, -0.2) is 18.2 Å². The molecule has 1 N–H and O–H groups in total. The van der Waals surface area contributed by atoms with Gasteiger partial charge in [0.05, 0.1) is 5.71 Å². The molecule has 0 aliphatic carbocycles. The number of benzene rings is 4. The van der Waals surface area contributed by atoms with E-state index < -0.39 is 0 Å². The van der Waals surface area contributed by atoms with E-state index in [2.05, 4.69) is 34.8 Å². The second kappa shape index (κ2) is 9.05. The normalized spacial score (nSPS) is 11.3. The van der Waals surface area contributed by atoms with Crippen LogP contribution in [0.25, 0.3) is 21.9 Å². The summed E-state index contributed by atoms with van der Waals surface area (Å²) in [6.07, 6.45) is 0. The fraction of sp³-hybridized carbons (Fsp3) is 0.0769. The Balaban J connectivity index is 1.40. The number of hydrazone groups is 1. The molecule has 0 bridgehead atoms. The molecule has 1 amide bonds. The SMILES string of the molecule is C/C(=N\NC(=O)COc1ccccc1-c1ccccc1)c1ccc2ccccc2c1. The van der Waals surface area contributed by atoms with Crippen molar-refractivity contribution < 1.29 is 9.53 Å². The molecule has 30 heavy (non-hydrogen) atoms. The maximum absolute atomic E-state index is 12.3. The Morgan fingerprint density at radius 3 is 2.37 bits per heavy atom. The molecule has 4 rings (SSSR count). The summed E-state index contributed by atoms with van der Waals surface area (Å²) in [5, 5.41) is 6.54. The lowest BCUT2D eigenvalue weighted by Gasteiger charge is -2.11. The van der Waals surface area contributed by atoms with Gasteiger partial charge in [-0.3, -0.25) is 4.79 Å². The Morgan fingerprint density at radius 2 is 1.53 bits per heavy atom. The van der Waals surface area contributed by atoms with Crippen LogP contribution in [0.5, 0.6) is 5.75 Å². The lowest BCUT2D eigenvalue weighted by atomic mass is 10.0. The number of nitrogens with zero attached hydrogens (tertiary/aromatic N) is 1. The largest absolute Gasteiger partial charge is 0.483 e. The van der Waals surface area contributed by atoms with Crippen LogP contribution < -0.4 is 10.2 Å². The van der Waals surface area contributed by atoms with Crippen LogP contribution in [0.3, 0.4) is 0 Å². The number of nitrogens with one attached hydrogen (secondary N) is 1. The van der Waals surface area contributed by atoms with Crippen molar-refractivity contribution >= 4 is 22.4 Å². The van der Waals surface area contributed by atoms with Crippen molar-refractivity contribution in [2.75, 3.05) is 6.61 Å². The van der Waals surface area contributed by atoms with Crippen LogP contribution in [0.2, 0.25) is 0 Å². The Hall–Kier alpha value is -3.92. The molecule has 4 heteroatoms. The van der Waals surface area contributed by atoms with Gasteiger partial charge in [0.15, 0.2) is 6.61 Å². The third-order valence-electron chi connectivity index (χ3n) is 4.85. The summed E-state index contributed by atoms with van der Waals surface area (Å²) in [4.78, 5) is 12.3. The molecule has 0 unspecified atom stereocenters. The number of ether oxygens (including phenoxy) is 1. The highest BCUT2D eigenvalue weighted by Crippen LogP contribution is 2.29. The topological polar surface area (TPSA) is 50.7 Å². The van der Waals surface area contributed by atoms with Gasteiger partial charge in [-0.1, -0.05) is 84.9 Å². The molecule has 0 saturated heterocycles. The first kappa shape index (κ1) is 19.4. The third-order valence-corrected chi connectivity index (χ3v) is 4.85. The Bertz CT molecular complexity index is 1200. The van der Waals surface area contributed by atoms with Crippen molar-refractivity contribution in [3.63, 3.8) is 0 Å². The van der Waals surface area contributed by atoms with E-state index in [1.165, 1.54) is 5.39 Å². The van der Waals surface area contributed by atoms with Crippen molar-refractivity contribution in [2.45, 2.75) is 6.92 Å². The fourth-order valence-corrected chi connectivity index (χ4v) is 3.25. The predicted octanol–water partition coefficient (Wildman–Crippen LogP) is 5.43. The van der Waals surface area contributed by atoms with E-state index in [1.807, 2.05) is 79.7 Å². The molecule has 0 aliphatic rings. The molecule has 0 fully saturated rings. The lowest BCUT2D eigenvalue weighted by molar-refractivity contribution is -0.123. The van der Waals surface area contributed by atoms with Gasteiger partial charge in [-0.15, -0.1) is 0 Å².